The zero-order chi connectivity index (χ0) is 22.3. The van der Waals surface area contributed by atoms with E-state index in [4.69, 9.17) is 0 Å². The Balaban J connectivity index is 2.07. The van der Waals surface area contributed by atoms with Gasteiger partial charge >= 0.3 is 0 Å². The molecule has 1 aromatic carbocycles. The molecule has 0 aliphatic heterocycles. The molecule has 0 fully saturated rings. The minimum Gasteiger partial charge on any atom is -0.342 e. The Kier molecular flexibility index (Phi) is 8.77. The second kappa shape index (κ2) is 11.1. The molecule has 7 nitrogen and oxygen atoms in total. The molecule has 164 valence electrons. The van der Waals surface area contributed by atoms with Crippen molar-refractivity contribution >= 4 is 29.3 Å². The Morgan fingerprint density at radius 1 is 1.13 bits per heavy atom. The summed E-state index contributed by atoms with van der Waals surface area (Å²) in [6.45, 7) is 9.11. The van der Waals surface area contributed by atoms with E-state index in [1.807, 2.05) is 49.1 Å². The monoisotopic (exact) mass is 432 g/mol. The fourth-order valence-electron chi connectivity index (χ4n) is 3.20. The first-order valence-electron chi connectivity index (χ1n) is 10.4. The van der Waals surface area contributed by atoms with Gasteiger partial charge in [-0.15, -0.1) is 11.8 Å². The van der Waals surface area contributed by atoms with Crippen LogP contribution in [0.1, 0.15) is 39.3 Å². The summed E-state index contributed by atoms with van der Waals surface area (Å²) in [5, 5.41) is 2.32. The lowest BCUT2D eigenvalue weighted by Crippen LogP contribution is -2.35. The number of carbonyl (C=O) groups is 2. The van der Waals surface area contributed by atoms with Crippen molar-refractivity contribution in [1.29, 1.82) is 0 Å². The molecule has 2 aromatic rings. The highest BCUT2D eigenvalue weighted by Crippen LogP contribution is 2.17. The molecule has 0 aliphatic rings. The molecule has 2 rings (SSSR count). The first-order valence-corrected chi connectivity index (χ1v) is 11.4. The normalized spacial score (nSPS) is 11.9. The molecule has 1 N–H and O–H groups in total. The smallest absolute Gasteiger partial charge is 0.295 e. The van der Waals surface area contributed by atoms with Crippen LogP contribution in [0.25, 0.3) is 5.69 Å². The van der Waals surface area contributed by atoms with Crippen LogP contribution in [0.5, 0.6) is 0 Å². The molecule has 2 amide bonds. The quantitative estimate of drug-likeness (QED) is 0.626. The lowest BCUT2D eigenvalue weighted by Gasteiger charge is -2.22. The SMILES string of the molecule is CCCN(CCC)C(=O)CSC(C)C(=O)Nc1c(C)n(C)n(-c2ccccc2)c1=O. The molecular weight excluding hydrogens is 400 g/mol. The summed E-state index contributed by atoms with van der Waals surface area (Å²) in [5.74, 6) is 0.0124. The summed E-state index contributed by atoms with van der Waals surface area (Å²) < 4.78 is 3.25. The summed E-state index contributed by atoms with van der Waals surface area (Å²) >= 11 is 1.29. The van der Waals surface area contributed by atoms with Gasteiger partial charge in [-0.2, -0.15) is 0 Å². The van der Waals surface area contributed by atoms with Crippen molar-refractivity contribution < 1.29 is 9.59 Å². The number of rotatable bonds is 10. The van der Waals surface area contributed by atoms with E-state index in [0.717, 1.165) is 31.6 Å². The predicted molar refractivity (Wildman–Crippen MR) is 123 cm³/mol. The maximum Gasteiger partial charge on any atom is 0.295 e. The summed E-state index contributed by atoms with van der Waals surface area (Å²) in [4.78, 5) is 39.9. The van der Waals surface area contributed by atoms with E-state index in [0.29, 0.717) is 5.69 Å². The molecule has 0 saturated carbocycles. The van der Waals surface area contributed by atoms with E-state index in [1.165, 1.54) is 16.4 Å². The number of anilines is 1. The van der Waals surface area contributed by atoms with E-state index in [1.54, 1.807) is 25.6 Å². The highest BCUT2D eigenvalue weighted by Gasteiger charge is 2.22. The van der Waals surface area contributed by atoms with Gasteiger partial charge in [0.2, 0.25) is 11.8 Å². The Morgan fingerprint density at radius 3 is 2.30 bits per heavy atom. The van der Waals surface area contributed by atoms with Crippen LogP contribution < -0.4 is 10.9 Å². The van der Waals surface area contributed by atoms with Gasteiger partial charge in [-0.3, -0.25) is 19.1 Å². The van der Waals surface area contributed by atoms with E-state index in [9.17, 15) is 14.4 Å². The lowest BCUT2D eigenvalue weighted by atomic mass is 10.3. The van der Waals surface area contributed by atoms with Crippen molar-refractivity contribution in [2.45, 2.75) is 45.8 Å². The fourth-order valence-corrected chi connectivity index (χ4v) is 3.99. The highest BCUT2D eigenvalue weighted by molar-refractivity contribution is 8.01. The van der Waals surface area contributed by atoms with Gasteiger partial charge in [0, 0.05) is 20.1 Å². The number of aromatic nitrogens is 2. The molecule has 0 saturated heterocycles. The van der Waals surface area contributed by atoms with Crippen molar-refractivity contribution in [2.75, 3.05) is 24.2 Å². The molecule has 0 bridgehead atoms. The topological polar surface area (TPSA) is 76.3 Å². The highest BCUT2D eigenvalue weighted by atomic mass is 32.2. The maximum atomic E-state index is 12.9. The third-order valence-electron chi connectivity index (χ3n) is 4.97. The van der Waals surface area contributed by atoms with Gasteiger partial charge in [0.25, 0.3) is 5.56 Å². The number of nitrogens with zero attached hydrogens (tertiary/aromatic N) is 3. The van der Waals surface area contributed by atoms with Crippen LogP contribution in [-0.4, -0.2) is 50.2 Å². The van der Waals surface area contributed by atoms with Gasteiger partial charge in [0.05, 0.1) is 22.4 Å². The third kappa shape index (κ3) is 5.56. The lowest BCUT2D eigenvalue weighted by molar-refractivity contribution is -0.128. The molecular formula is C22H32N4O3S. The average Bonchev–Trinajstić information content (AvgIpc) is 2.95. The number of hydrogen-bond donors (Lipinski definition) is 1. The number of carbonyl (C=O) groups excluding carboxylic acids is 2. The number of benzene rings is 1. The van der Waals surface area contributed by atoms with Crippen LogP contribution in [0.3, 0.4) is 0 Å². The van der Waals surface area contributed by atoms with E-state index < -0.39 is 5.25 Å². The van der Waals surface area contributed by atoms with Crippen LogP contribution in [0.2, 0.25) is 0 Å². The minimum atomic E-state index is -0.455. The summed E-state index contributed by atoms with van der Waals surface area (Å²) in [5.41, 5.74) is 1.39. The van der Waals surface area contributed by atoms with Gasteiger partial charge in [-0.1, -0.05) is 32.0 Å². The minimum absolute atomic E-state index is 0.0469. The second-order valence-corrected chi connectivity index (χ2v) is 8.59. The number of amides is 2. The second-order valence-electron chi connectivity index (χ2n) is 7.26. The first kappa shape index (κ1) is 23.8. The van der Waals surface area contributed by atoms with Crippen LogP contribution in [-0.2, 0) is 16.6 Å². The van der Waals surface area contributed by atoms with Crippen LogP contribution >= 0.6 is 11.8 Å². The van der Waals surface area contributed by atoms with Gasteiger partial charge in [-0.05, 0) is 38.8 Å². The Bertz CT molecular complexity index is 914. The maximum absolute atomic E-state index is 12.9. The van der Waals surface area contributed by atoms with Crippen molar-refractivity contribution in [1.82, 2.24) is 14.3 Å². The molecule has 1 aromatic heterocycles. The van der Waals surface area contributed by atoms with Crippen LogP contribution in [0.4, 0.5) is 5.69 Å². The van der Waals surface area contributed by atoms with E-state index in [2.05, 4.69) is 5.32 Å². The zero-order valence-corrected chi connectivity index (χ0v) is 19.3. The standard InChI is InChI=1S/C22H32N4O3S/c1-6-13-25(14-7-2)19(27)15-30-17(4)21(28)23-20-16(3)24(5)26(22(20)29)18-11-9-8-10-12-18/h8-12,17H,6-7,13-15H2,1-5H3,(H,23,28). The predicted octanol–water partition coefficient (Wildman–Crippen LogP) is 3.19. The largest absolute Gasteiger partial charge is 0.342 e. The zero-order valence-electron chi connectivity index (χ0n) is 18.5. The Morgan fingerprint density at radius 2 is 1.73 bits per heavy atom. The van der Waals surface area contributed by atoms with Gasteiger partial charge in [0.1, 0.15) is 5.69 Å². The average molecular weight is 433 g/mol. The Hall–Kier alpha value is -2.48. The number of hydrogen-bond acceptors (Lipinski definition) is 4. The van der Waals surface area contributed by atoms with Gasteiger partial charge < -0.3 is 10.2 Å². The van der Waals surface area contributed by atoms with Crippen molar-refractivity contribution in [3.63, 3.8) is 0 Å². The van der Waals surface area contributed by atoms with E-state index >= 15 is 0 Å². The van der Waals surface area contributed by atoms with Gasteiger partial charge in [0.15, 0.2) is 0 Å². The molecule has 30 heavy (non-hydrogen) atoms. The molecule has 0 spiro atoms. The number of thioether (sulfide) groups is 1. The van der Waals surface area contributed by atoms with Gasteiger partial charge in [-0.25, -0.2) is 4.68 Å². The first-order chi connectivity index (χ1) is 14.3. The Labute approximate surface area is 182 Å². The van der Waals surface area contributed by atoms with Crippen molar-refractivity contribution in [3.05, 3.63) is 46.4 Å². The molecule has 1 unspecified atom stereocenters. The van der Waals surface area contributed by atoms with Crippen LogP contribution in [0.15, 0.2) is 35.1 Å². The molecule has 0 aliphatic carbocycles. The van der Waals surface area contributed by atoms with E-state index in [-0.39, 0.29) is 28.8 Å². The molecule has 0 radical (unpaired) electrons. The van der Waals surface area contributed by atoms with Crippen molar-refractivity contribution in [2.24, 2.45) is 7.05 Å². The molecule has 8 heteroatoms. The number of para-hydroxylation sites is 1. The summed E-state index contributed by atoms with van der Waals surface area (Å²) in [6, 6.07) is 9.29. The summed E-state index contributed by atoms with van der Waals surface area (Å²) in [6.07, 6.45) is 1.82. The van der Waals surface area contributed by atoms with Crippen molar-refractivity contribution in [3.8, 4) is 5.69 Å². The molecule has 1 heterocycles. The summed E-state index contributed by atoms with van der Waals surface area (Å²) in [7, 11) is 1.78. The van der Waals surface area contributed by atoms with Crippen LogP contribution in [0, 0.1) is 6.92 Å². The third-order valence-corrected chi connectivity index (χ3v) is 6.10. The molecule has 1 atom stereocenters. The number of nitrogens with one attached hydrogen (secondary N) is 1. The fraction of sp³-hybridized carbons (Fsp3) is 0.500.